The van der Waals surface area contributed by atoms with Crippen LogP contribution in [0.25, 0.3) is 0 Å². The van der Waals surface area contributed by atoms with Crippen molar-refractivity contribution >= 4 is 23.4 Å². The van der Waals surface area contributed by atoms with Crippen molar-refractivity contribution in [3.8, 4) is 0 Å². The number of hydrogen-bond acceptors (Lipinski definition) is 8. The Labute approximate surface area is 255 Å². The van der Waals surface area contributed by atoms with E-state index in [9.17, 15) is 19.2 Å². The van der Waals surface area contributed by atoms with E-state index in [-0.39, 0.29) is 23.2 Å². The topological polar surface area (TPSA) is 108 Å². The number of ether oxygens (including phenoxy) is 1. The molecule has 242 valence electrons. The zero-order valence-electron chi connectivity index (χ0n) is 27.6. The van der Waals surface area contributed by atoms with Gasteiger partial charge in [0.25, 0.3) is 0 Å². The van der Waals surface area contributed by atoms with Crippen molar-refractivity contribution in [1.82, 2.24) is 20.4 Å². The van der Waals surface area contributed by atoms with E-state index in [4.69, 9.17) is 4.74 Å². The van der Waals surface area contributed by atoms with Gasteiger partial charge in [-0.1, -0.05) is 51.4 Å². The fourth-order valence-electron chi connectivity index (χ4n) is 7.21. The van der Waals surface area contributed by atoms with Crippen molar-refractivity contribution in [3.63, 3.8) is 0 Å². The third-order valence-electron chi connectivity index (χ3n) is 10.6. The van der Waals surface area contributed by atoms with E-state index in [2.05, 4.69) is 22.6 Å². The van der Waals surface area contributed by atoms with Gasteiger partial charge in [-0.15, -0.1) is 0 Å². The highest BCUT2D eigenvalue weighted by molar-refractivity contribution is 5.87. The third kappa shape index (κ3) is 9.58. The molecule has 0 aromatic heterocycles. The molecule has 0 aliphatic carbocycles. The van der Waals surface area contributed by atoms with E-state index >= 15 is 0 Å². The van der Waals surface area contributed by atoms with Gasteiger partial charge in [0.1, 0.15) is 17.3 Å². The van der Waals surface area contributed by atoms with Crippen molar-refractivity contribution in [1.29, 1.82) is 0 Å². The zero-order chi connectivity index (χ0) is 31.2. The number of carbonyl (C=O) groups is 4. The van der Waals surface area contributed by atoms with Crippen molar-refractivity contribution < 1.29 is 23.9 Å². The lowest BCUT2D eigenvalue weighted by molar-refractivity contribution is -0.127. The van der Waals surface area contributed by atoms with Crippen LogP contribution >= 0.6 is 0 Å². The number of nitrogens with zero attached hydrogens (tertiary/aromatic N) is 2. The first kappa shape index (κ1) is 36.4. The SMILES string of the molecule is CNC(CCCCCCCOC(=O)N1CCC(NC)(C(C)=O)CC1)(CCCCCC[C@@]1(C(C)=O)CCCN1C)C(C)=O. The minimum atomic E-state index is -0.517. The average molecular weight is 593 g/mol. The highest BCUT2D eigenvalue weighted by Gasteiger charge is 2.42. The number of hydrogen-bond donors (Lipinski definition) is 2. The molecule has 2 heterocycles. The Morgan fingerprint density at radius 2 is 1.33 bits per heavy atom. The van der Waals surface area contributed by atoms with Crippen LogP contribution in [0.2, 0.25) is 0 Å². The molecule has 9 heteroatoms. The molecule has 0 radical (unpaired) electrons. The molecule has 0 bridgehead atoms. The highest BCUT2D eigenvalue weighted by Crippen LogP contribution is 2.34. The van der Waals surface area contributed by atoms with Gasteiger partial charge in [-0.25, -0.2) is 4.79 Å². The number of amides is 1. The largest absolute Gasteiger partial charge is 0.449 e. The maximum Gasteiger partial charge on any atom is 0.409 e. The van der Waals surface area contributed by atoms with E-state index < -0.39 is 11.1 Å². The van der Waals surface area contributed by atoms with Crippen LogP contribution in [0.1, 0.15) is 124 Å². The molecule has 2 fully saturated rings. The smallest absolute Gasteiger partial charge is 0.409 e. The molecule has 42 heavy (non-hydrogen) atoms. The van der Waals surface area contributed by atoms with Crippen LogP contribution in [0, 0.1) is 0 Å². The van der Waals surface area contributed by atoms with Crippen LogP contribution in [0.15, 0.2) is 0 Å². The van der Waals surface area contributed by atoms with Crippen LogP contribution in [0.4, 0.5) is 4.79 Å². The van der Waals surface area contributed by atoms with Gasteiger partial charge in [-0.05, 0) is 99.8 Å². The number of nitrogens with one attached hydrogen (secondary N) is 2. The van der Waals surface area contributed by atoms with Crippen LogP contribution in [-0.4, -0.2) is 97.2 Å². The predicted molar refractivity (Wildman–Crippen MR) is 168 cm³/mol. The number of likely N-dealkylation sites (tertiary alicyclic amines) is 2. The van der Waals surface area contributed by atoms with Crippen molar-refractivity contribution in [2.45, 2.75) is 140 Å². The van der Waals surface area contributed by atoms with Crippen LogP contribution in [-0.2, 0) is 19.1 Å². The summed E-state index contributed by atoms with van der Waals surface area (Å²) < 4.78 is 5.48. The molecule has 2 atom stereocenters. The molecule has 0 spiro atoms. The summed E-state index contributed by atoms with van der Waals surface area (Å²) in [4.78, 5) is 53.4. The van der Waals surface area contributed by atoms with Crippen molar-refractivity contribution in [2.24, 2.45) is 0 Å². The molecule has 2 aliphatic rings. The van der Waals surface area contributed by atoms with Gasteiger partial charge in [-0.3, -0.25) is 19.3 Å². The molecule has 1 amide bonds. The Morgan fingerprint density at radius 3 is 1.81 bits per heavy atom. The molecule has 1 unspecified atom stereocenters. The van der Waals surface area contributed by atoms with Gasteiger partial charge in [0.05, 0.1) is 23.2 Å². The molecular weight excluding hydrogens is 532 g/mol. The molecule has 9 nitrogen and oxygen atoms in total. The fraction of sp³-hybridized carbons (Fsp3) is 0.879. The van der Waals surface area contributed by atoms with Crippen LogP contribution < -0.4 is 10.6 Å². The summed E-state index contributed by atoms with van der Waals surface area (Å²) in [5.41, 5.74) is -1.22. The monoisotopic (exact) mass is 592 g/mol. The first-order valence-electron chi connectivity index (χ1n) is 16.5. The summed E-state index contributed by atoms with van der Waals surface area (Å²) in [6.07, 6.45) is 14.8. The molecule has 2 N–H and O–H groups in total. The molecule has 0 saturated carbocycles. The van der Waals surface area contributed by atoms with Crippen molar-refractivity contribution in [3.05, 3.63) is 0 Å². The highest BCUT2D eigenvalue weighted by atomic mass is 16.6. The number of carbonyl (C=O) groups excluding carboxylic acids is 4. The summed E-state index contributed by atoms with van der Waals surface area (Å²) in [5.74, 6) is 0.642. The lowest BCUT2D eigenvalue weighted by Crippen LogP contribution is -2.57. The number of piperidine rings is 1. The first-order chi connectivity index (χ1) is 20.0. The minimum absolute atomic E-state index is 0.121. The van der Waals surface area contributed by atoms with E-state index in [1.165, 1.54) is 0 Å². The summed E-state index contributed by atoms with van der Waals surface area (Å²) in [7, 11) is 5.79. The number of unbranched alkanes of at least 4 members (excludes halogenated alkanes) is 7. The van der Waals surface area contributed by atoms with Gasteiger partial charge in [0, 0.05) is 13.1 Å². The fourth-order valence-corrected chi connectivity index (χ4v) is 7.21. The molecule has 2 saturated heterocycles. The van der Waals surface area contributed by atoms with Crippen molar-refractivity contribution in [2.75, 3.05) is 47.4 Å². The lowest BCUT2D eigenvalue weighted by atomic mass is 9.82. The maximum atomic E-state index is 12.7. The Balaban J connectivity index is 1.59. The number of ketones is 3. The Morgan fingerprint density at radius 1 is 0.762 bits per heavy atom. The van der Waals surface area contributed by atoms with Gasteiger partial charge in [0.2, 0.25) is 0 Å². The molecule has 0 aromatic rings. The maximum absolute atomic E-state index is 12.7. The summed E-state index contributed by atoms with van der Waals surface area (Å²) in [6, 6.07) is 0. The second-order valence-electron chi connectivity index (χ2n) is 12.9. The second-order valence-corrected chi connectivity index (χ2v) is 12.9. The Hall–Kier alpha value is -1.84. The molecule has 2 aliphatic heterocycles. The van der Waals surface area contributed by atoms with Gasteiger partial charge < -0.3 is 20.3 Å². The van der Waals surface area contributed by atoms with E-state index in [1.54, 1.807) is 32.7 Å². The van der Waals surface area contributed by atoms with Gasteiger partial charge >= 0.3 is 6.09 Å². The third-order valence-corrected chi connectivity index (χ3v) is 10.6. The molecule has 2 rings (SSSR count). The Bertz CT molecular complexity index is 888. The summed E-state index contributed by atoms with van der Waals surface area (Å²) in [5, 5.41) is 6.50. The number of Topliss-reactive ketones (excluding diaryl/α,β-unsaturated/α-hetero) is 3. The number of likely N-dealkylation sites (N-methyl/N-ethyl adjacent to an activating group) is 3. The summed E-state index contributed by atoms with van der Waals surface area (Å²) in [6.45, 7) is 7.54. The molecular formula is C33H60N4O5. The van der Waals surface area contributed by atoms with E-state index in [0.717, 1.165) is 96.4 Å². The number of rotatable bonds is 20. The summed E-state index contributed by atoms with van der Waals surface area (Å²) >= 11 is 0. The molecule has 0 aromatic carbocycles. The first-order valence-corrected chi connectivity index (χ1v) is 16.5. The van der Waals surface area contributed by atoms with E-state index in [0.29, 0.717) is 38.3 Å². The quantitative estimate of drug-likeness (QED) is 0.189. The standard InChI is InChI=1S/C33H60N4O5/c1-27(38)31(34-4,18-13-9-10-14-19-33(29(3)40)20-16-23-36(33)6)17-12-8-7-11-15-26-42-30(41)37-24-21-32(35-5,22-25-37)28(2)39/h34-35H,7-26H2,1-6H3/t31?,33-/m0/s1. The lowest BCUT2D eigenvalue weighted by Gasteiger charge is -2.39. The van der Waals surface area contributed by atoms with Gasteiger partial charge in [-0.2, -0.15) is 0 Å². The zero-order valence-corrected chi connectivity index (χ0v) is 27.6. The second kappa shape index (κ2) is 17.5. The Kier molecular flexibility index (Phi) is 15.1. The van der Waals surface area contributed by atoms with Crippen LogP contribution in [0.3, 0.4) is 0 Å². The van der Waals surface area contributed by atoms with Gasteiger partial charge in [0.15, 0.2) is 0 Å². The van der Waals surface area contributed by atoms with Crippen LogP contribution in [0.5, 0.6) is 0 Å². The minimum Gasteiger partial charge on any atom is -0.449 e. The average Bonchev–Trinajstić information content (AvgIpc) is 3.35. The predicted octanol–water partition coefficient (Wildman–Crippen LogP) is 5.05. The van der Waals surface area contributed by atoms with E-state index in [1.807, 2.05) is 7.05 Å². The normalized spacial score (nSPS) is 22.1.